The predicted molar refractivity (Wildman–Crippen MR) is 81.8 cm³/mol. The molecule has 0 bridgehead atoms. The van der Waals surface area contributed by atoms with Gasteiger partial charge in [0.1, 0.15) is 5.82 Å². The molecule has 0 aliphatic carbocycles. The number of imidazole rings is 1. The van der Waals surface area contributed by atoms with E-state index in [-0.39, 0.29) is 0 Å². The highest BCUT2D eigenvalue weighted by Crippen LogP contribution is 2.21. The van der Waals surface area contributed by atoms with Crippen LogP contribution in [0, 0.1) is 0 Å². The van der Waals surface area contributed by atoms with Gasteiger partial charge in [-0.25, -0.2) is 4.98 Å². The minimum atomic E-state index is 0.748. The first kappa shape index (κ1) is 13.8. The van der Waals surface area contributed by atoms with E-state index in [1.165, 1.54) is 24.8 Å². The number of halogens is 1. The molecule has 2 aromatic rings. The Hall–Kier alpha value is -0.670. The number of hydrogen-bond acceptors (Lipinski definition) is 2. The lowest BCUT2D eigenvalue weighted by molar-refractivity contribution is 0.594. The SMILES string of the molecule is CCCCCn1c(CCS)nc2cc(Cl)ccc21. The molecule has 0 atom stereocenters. The first-order chi connectivity index (χ1) is 8.76. The summed E-state index contributed by atoms with van der Waals surface area (Å²) in [6.45, 7) is 3.26. The summed E-state index contributed by atoms with van der Waals surface area (Å²) >= 11 is 10.3. The number of thiol groups is 1. The van der Waals surface area contributed by atoms with E-state index in [0.29, 0.717) is 0 Å². The summed E-state index contributed by atoms with van der Waals surface area (Å²) in [6, 6.07) is 5.94. The van der Waals surface area contributed by atoms with Crippen LogP contribution in [0.5, 0.6) is 0 Å². The molecule has 1 aromatic carbocycles. The lowest BCUT2D eigenvalue weighted by Crippen LogP contribution is -2.04. The zero-order valence-corrected chi connectivity index (χ0v) is 12.3. The molecule has 1 heterocycles. The van der Waals surface area contributed by atoms with Gasteiger partial charge >= 0.3 is 0 Å². The van der Waals surface area contributed by atoms with Crippen LogP contribution in [0.25, 0.3) is 11.0 Å². The van der Waals surface area contributed by atoms with E-state index >= 15 is 0 Å². The molecule has 0 N–H and O–H groups in total. The first-order valence-corrected chi connectivity index (χ1v) is 7.52. The fourth-order valence-corrected chi connectivity index (χ4v) is 2.58. The smallest absolute Gasteiger partial charge is 0.110 e. The topological polar surface area (TPSA) is 17.8 Å². The van der Waals surface area contributed by atoms with Crippen molar-refractivity contribution in [3.63, 3.8) is 0 Å². The number of hydrogen-bond donors (Lipinski definition) is 1. The second kappa shape index (κ2) is 6.48. The quantitative estimate of drug-likeness (QED) is 0.616. The molecule has 2 nitrogen and oxygen atoms in total. The summed E-state index contributed by atoms with van der Waals surface area (Å²) in [7, 11) is 0. The molecule has 0 aliphatic rings. The number of nitrogens with zero attached hydrogens (tertiary/aromatic N) is 2. The van der Waals surface area contributed by atoms with Crippen LogP contribution in [0.1, 0.15) is 32.0 Å². The fraction of sp³-hybridized carbons (Fsp3) is 0.500. The number of unbranched alkanes of at least 4 members (excludes halogenated alkanes) is 2. The molecule has 0 aliphatic heterocycles. The Bertz CT molecular complexity index is 522. The van der Waals surface area contributed by atoms with Crippen molar-refractivity contribution >= 4 is 35.3 Å². The average Bonchev–Trinajstić information content (AvgIpc) is 2.67. The zero-order valence-electron chi connectivity index (χ0n) is 10.7. The highest BCUT2D eigenvalue weighted by atomic mass is 35.5. The van der Waals surface area contributed by atoms with Crippen molar-refractivity contribution in [2.24, 2.45) is 0 Å². The summed E-state index contributed by atoms with van der Waals surface area (Å²) in [4.78, 5) is 4.67. The molecule has 0 spiro atoms. The van der Waals surface area contributed by atoms with Gasteiger partial charge in [-0.05, 0) is 30.4 Å². The molecule has 4 heteroatoms. The maximum atomic E-state index is 6.02. The summed E-state index contributed by atoms with van der Waals surface area (Å²) in [5, 5.41) is 0.748. The molecule has 0 saturated carbocycles. The summed E-state index contributed by atoms with van der Waals surface area (Å²) in [5.41, 5.74) is 2.18. The van der Waals surface area contributed by atoms with Gasteiger partial charge in [0.15, 0.2) is 0 Å². The van der Waals surface area contributed by atoms with E-state index in [1.807, 2.05) is 12.1 Å². The highest BCUT2D eigenvalue weighted by molar-refractivity contribution is 7.80. The molecular formula is C14H19ClN2S. The first-order valence-electron chi connectivity index (χ1n) is 6.51. The molecule has 2 rings (SSSR count). The van der Waals surface area contributed by atoms with Crippen LogP contribution < -0.4 is 0 Å². The Morgan fingerprint density at radius 2 is 2.17 bits per heavy atom. The van der Waals surface area contributed by atoms with Crippen LogP contribution in [0.3, 0.4) is 0 Å². The van der Waals surface area contributed by atoms with Crippen molar-refractivity contribution in [2.75, 3.05) is 5.75 Å². The third kappa shape index (κ3) is 3.01. The van der Waals surface area contributed by atoms with Crippen molar-refractivity contribution in [2.45, 2.75) is 39.2 Å². The highest BCUT2D eigenvalue weighted by Gasteiger charge is 2.10. The molecule has 1 aromatic heterocycles. The van der Waals surface area contributed by atoms with Crippen LogP contribution in [-0.2, 0) is 13.0 Å². The minimum absolute atomic E-state index is 0.748. The lowest BCUT2D eigenvalue weighted by atomic mass is 10.2. The largest absolute Gasteiger partial charge is 0.328 e. The molecular weight excluding hydrogens is 264 g/mol. The Labute approximate surface area is 119 Å². The van der Waals surface area contributed by atoms with Gasteiger partial charge in [0.2, 0.25) is 0 Å². The number of fused-ring (bicyclic) bond motifs is 1. The standard InChI is InChI=1S/C14H19ClN2S/c1-2-3-4-8-17-13-6-5-11(15)10-12(13)16-14(17)7-9-18/h5-6,10,18H,2-4,7-9H2,1H3. The summed E-state index contributed by atoms with van der Waals surface area (Å²) in [6.07, 6.45) is 4.60. The van der Waals surface area contributed by atoms with E-state index in [0.717, 1.165) is 35.1 Å². The van der Waals surface area contributed by atoms with Crippen molar-refractivity contribution in [3.8, 4) is 0 Å². The molecule has 0 amide bonds. The minimum Gasteiger partial charge on any atom is -0.328 e. The van der Waals surface area contributed by atoms with Gasteiger partial charge in [0.05, 0.1) is 11.0 Å². The molecule has 0 unspecified atom stereocenters. The van der Waals surface area contributed by atoms with Crippen LogP contribution in [0.15, 0.2) is 18.2 Å². The zero-order chi connectivity index (χ0) is 13.0. The van der Waals surface area contributed by atoms with Gasteiger partial charge in [0, 0.05) is 18.0 Å². The second-order valence-corrected chi connectivity index (χ2v) is 5.38. The molecule has 0 saturated heterocycles. The van der Waals surface area contributed by atoms with Crippen LogP contribution in [-0.4, -0.2) is 15.3 Å². The van der Waals surface area contributed by atoms with Crippen molar-refractivity contribution < 1.29 is 0 Å². The van der Waals surface area contributed by atoms with Crippen molar-refractivity contribution in [1.82, 2.24) is 9.55 Å². The lowest BCUT2D eigenvalue weighted by Gasteiger charge is -2.08. The summed E-state index contributed by atoms with van der Waals surface area (Å²) in [5.74, 6) is 1.95. The van der Waals surface area contributed by atoms with E-state index in [1.54, 1.807) is 0 Å². The Morgan fingerprint density at radius 1 is 1.33 bits per heavy atom. The van der Waals surface area contributed by atoms with Gasteiger partial charge in [0.25, 0.3) is 0 Å². The van der Waals surface area contributed by atoms with Gasteiger partial charge in [-0.2, -0.15) is 12.6 Å². The van der Waals surface area contributed by atoms with Crippen molar-refractivity contribution in [1.29, 1.82) is 0 Å². The maximum Gasteiger partial charge on any atom is 0.110 e. The average molecular weight is 283 g/mol. The predicted octanol–water partition coefficient (Wildman–Crippen LogP) is 4.35. The Balaban J connectivity index is 2.35. The van der Waals surface area contributed by atoms with E-state index in [9.17, 15) is 0 Å². The van der Waals surface area contributed by atoms with Crippen LogP contribution in [0.2, 0.25) is 5.02 Å². The Morgan fingerprint density at radius 3 is 2.89 bits per heavy atom. The molecule has 98 valence electrons. The second-order valence-electron chi connectivity index (χ2n) is 4.49. The number of aryl methyl sites for hydroxylation is 2. The monoisotopic (exact) mass is 282 g/mol. The van der Waals surface area contributed by atoms with E-state index in [4.69, 9.17) is 11.6 Å². The van der Waals surface area contributed by atoms with Gasteiger partial charge < -0.3 is 4.57 Å². The van der Waals surface area contributed by atoms with Crippen LogP contribution >= 0.6 is 24.2 Å². The molecule has 0 radical (unpaired) electrons. The maximum absolute atomic E-state index is 6.02. The van der Waals surface area contributed by atoms with Crippen molar-refractivity contribution in [3.05, 3.63) is 29.0 Å². The number of rotatable bonds is 6. The van der Waals surface area contributed by atoms with Crippen LogP contribution in [0.4, 0.5) is 0 Å². The number of benzene rings is 1. The van der Waals surface area contributed by atoms with Gasteiger partial charge in [-0.3, -0.25) is 0 Å². The Kier molecular flexibility index (Phi) is 4.95. The molecule has 0 fully saturated rings. The normalized spacial score (nSPS) is 11.3. The van der Waals surface area contributed by atoms with E-state index in [2.05, 4.69) is 35.2 Å². The third-order valence-corrected chi connectivity index (χ3v) is 3.57. The van der Waals surface area contributed by atoms with Gasteiger partial charge in [-0.15, -0.1) is 0 Å². The summed E-state index contributed by atoms with van der Waals surface area (Å²) < 4.78 is 2.32. The molecule has 18 heavy (non-hydrogen) atoms. The van der Waals surface area contributed by atoms with E-state index < -0.39 is 0 Å². The fourth-order valence-electron chi connectivity index (χ4n) is 2.21. The van der Waals surface area contributed by atoms with Gasteiger partial charge in [-0.1, -0.05) is 31.4 Å². The third-order valence-electron chi connectivity index (χ3n) is 3.11. The number of aromatic nitrogens is 2.